The number of nitrogens with zero attached hydrogens (tertiary/aromatic N) is 3. The van der Waals surface area contributed by atoms with Crippen LogP contribution in [0.5, 0.6) is 0 Å². The standard InChI is InChI=1S/C12H15N5O/c1-3-13-11-8-9(4-6-14-11)12(18)15-10-5-7-17(2)16-10/h4-8H,3H2,1-2H3,(H,13,14)(H,15,16,18). The average molecular weight is 245 g/mol. The highest BCUT2D eigenvalue weighted by Gasteiger charge is 2.08. The van der Waals surface area contributed by atoms with E-state index in [1.165, 1.54) is 0 Å². The summed E-state index contributed by atoms with van der Waals surface area (Å²) in [4.78, 5) is 16.1. The molecule has 2 N–H and O–H groups in total. The Morgan fingerprint density at radius 3 is 2.89 bits per heavy atom. The molecule has 0 aromatic carbocycles. The van der Waals surface area contributed by atoms with Crippen LogP contribution in [-0.2, 0) is 7.05 Å². The fraction of sp³-hybridized carbons (Fsp3) is 0.250. The molecule has 0 atom stereocenters. The number of nitrogens with one attached hydrogen (secondary N) is 2. The zero-order chi connectivity index (χ0) is 13.0. The Labute approximate surface area is 105 Å². The van der Waals surface area contributed by atoms with Crippen LogP contribution in [0.15, 0.2) is 30.6 Å². The monoisotopic (exact) mass is 245 g/mol. The third-order valence-electron chi connectivity index (χ3n) is 2.34. The van der Waals surface area contributed by atoms with Crippen LogP contribution in [0.4, 0.5) is 11.6 Å². The second kappa shape index (κ2) is 5.31. The van der Waals surface area contributed by atoms with E-state index in [2.05, 4.69) is 20.7 Å². The lowest BCUT2D eigenvalue weighted by molar-refractivity contribution is 0.102. The molecule has 2 aromatic heterocycles. The van der Waals surface area contributed by atoms with E-state index in [0.29, 0.717) is 17.2 Å². The summed E-state index contributed by atoms with van der Waals surface area (Å²) in [7, 11) is 1.80. The molecule has 1 amide bonds. The van der Waals surface area contributed by atoms with E-state index < -0.39 is 0 Å². The minimum absolute atomic E-state index is 0.199. The van der Waals surface area contributed by atoms with E-state index in [1.54, 1.807) is 42.3 Å². The first-order chi connectivity index (χ1) is 8.69. The topological polar surface area (TPSA) is 71.8 Å². The van der Waals surface area contributed by atoms with Crippen LogP contribution in [0.3, 0.4) is 0 Å². The summed E-state index contributed by atoms with van der Waals surface area (Å²) < 4.78 is 1.63. The Morgan fingerprint density at radius 2 is 2.22 bits per heavy atom. The normalized spacial score (nSPS) is 10.1. The van der Waals surface area contributed by atoms with E-state index in [9.17, 15) is 4.79 Å². The number of hydrogen-bond acceptors (Lipinski definition) is 4. The van der Waals surface area contributed by atoms with E-state index in [1.807, 2.05) is 6.92 Å². The summed E-state index contributed by atoms with van der Waals surface area (Å²) in [5.41, 5.74) is 0.548. The molecule has 6 nitrogen and oxygen atoms in total. The lowest BCUT2D eigenvalue weighted by Gasteiger charge is -2.05. The van der Waals surface area contributed by atoms with Crippen LogP contribution in [-0.4, -0.2) is 27.2 Å². The summed E-state index contributed by atoms with van der Waals surface area (Å²) in [5.74, 6) is 1.02. The first-order valence-electron chi connectivity index (χ1n) is 5.70. The van der Waals surface area contributed by atoms with Crippen LogP contribution in [0, 0.1) is 0 Å². The Hall–Kier alpha value is -2.37. The third-order valence-corrected chi connectivity index (χ3v) is 2.34. The first kappa shape index (κ1) is 12.1. The van der Waals surface area contributed by atoms with Crippen molar-refractivity contribution in [3.8, 4) is 0 Å². The van der Waals surface area contributed by atoms with Crippen molar-refractivity contribution in [1.29, 1.82) is 0 Å². The molecule has 2 aromatic rings. The maximum absolute atomic E-state index is 12.0. The van der Waals surface area contributed by atoms with Gasteiger partial charge in [0.1, 0.15) is 5.82 Å². The van der Waals surface area contributed by atoms with Crippen molar-refractivity contribution >= 4 is 17.5 Å². The van der Waals surface area contributed by atoms with E-state index in [-0.39, 0.29) is 5.91 Å². The molecule has 0 aliphatic carbocycles. The van der Waals surface area contributed by atoms with Crippen LogP contribution >= 0.6 is 0 Å². The van der Waals surface area contributed by atoms with Crippen LogP contribution in [0.2, 0.25) is 0 Å². The van der Waals surface area contributed by atoms with Crippen molar-refractivity contribution in [2.24, 2.45) is 7.05 Å². The lowest BCUT2D eigenvalue weighted by Crippen LogP contribution is -2.13. The highest BCUT2D eigenvalue weighted by atomic mass is 16.1. The van der Waals surface area contributed by atoms with Crippen molar-refractivity contribution in [3.05, 3.63) is 36.2 Å². The van der Waals surface area contributed by atoms with Crippen molar-refractivity contribution in [2.75, 3.05) is 17.2 Å². The number of pyridine rings is 1. The van der Waals surface area contributed by atoms with Gasteiger partial charge < -0.3 is 10.6 Å². The molecule has 0 unspecified atom stereocenters. The highest BCUT2D eigenvalue weighted by Crippen LogP contribution is 2.09. The maximum Gasteiger partial charge on any atom is 0.257 e. The Kier molecular flexibility index (Phi) is 3.57. The molecular formula is C12H15N5O. The van der Waals surface area contributed by atoms with Gasteiger partial charge in [-0.1, -0.05) is 0 Å². The third kappa shape index (κ3) is 2.85. The highest BCUT2D eigenvalue weighted by molar-refractivity contribution is 6.04. The number of anilines is 2. The molecule has 0 aliphatic rings. The number of rotatable bonds is 4. The Morgan fingerprint density at radius 1 is 1.39 bits per heavy atom. The molecule has 6 heteroatoms. The van der Waals surface area contributed by atoms with Gasteiger partial charge in [-0.05, 0) is 19.1 Å². The van der Waals surface area contributed by atoms with Gasteiger partial charge in [-0.25, -0.2) is 4.98 Å². The summed E-state index contributed by atoms with van der Waals surface area (Å²) in [5, 5.41) is 9.87. The summed E-state index contributed by atoms with van der Waals surface area (Å²) in [6, 6.07) is 5.12. The fourth-order valence-electron chi connectivity index (χ4n) is 1.52. The number of carbonyl (C=O) groups is 1. The number of aryl methyl sites for hydroxylation is 1. The molecule has 2 heterocycles. The second-order valence-electron chi connectivity index (χ2n) is 3.79. The van der Waals surface area contributed by atoms with Gasteiger partial charge in [0.15, 0.2) is 5.82 Å². The maximum atomic E-state index is 12.0. The van der Waals surface area contributed by atoms with Gasteiger partial charge in [0.05, 0.1) is 0 Å². The Balaban J connectivity index is 2.11. The smallest absolute Gasteiger partial charge is 0.257 e. The zero-order valence-corrected chi connectivity index (χ0v) is 10.3. The Bertz CT molecular complexity index is 549. The van der Waals surface area contributed by atoms with Gasteiger partial charge in [0.2, 0.25) is 0 Å². The van der Waals surface area contributed by atoms with Crippen molar-refractivity contribution in [1.82, 2.24) is 14.8 Å². The average Bonchev–Trinajstić information content (AvgIpc) is 2.75. The number of amides is 1. The van der Waals surface area contributed by atoms with E-state index in [4.69, 9.17) is 0 Å². The van der Waals surface area contributed by atoms with Crippen molar-refractivity contribution in [3.63, 3.8) is 0 Å². The van der Waals surface area contributed by atoms with Crippen LogP contribution in [0.1, 0.15) is 17.3 Å². The van der Waals surface area contributed by atoms with Crippen molar-refractivity contribution < 1.29 is 4.79 Å². The molecule has 0 saturated carbocycles. The van der Waals surface area contributed by atoms with Gasteiger partial charge in [0, 0.05) is 37.6 Å². The molecule has 94 valence electrons. The molecule has 0 radical (unpaired) electrons. The van der Waals surface area contributed by atoms with E-state index >= 15 is 0 Å². The predicted octanol–water partition coefficient (Wildman–Crippen LogP) is 1.50. The van der Waals surface area contributed by atoms with Crippen molar-refractivity contribution in [2.45, 2.75) is 6.92 Å². The minimum atomic E-state index is -0.199. The van der Waals surface area contributed by atoms with E-state index in [0.717, 1.165) is 6.54 Å². The van der Waals surface area contributed by atoms with Gasteiger partial charge in [-0.3, -0.25) is 9.48 Å². The van der Waals surface area contributed by atoms with Gasteiger partial charge in [-0.2, -0.15) is 5.10 Å². The van der Waals surface area contributed by atoms with Crippen LogP contribution in [0.25, 0.3) is 0 Å². The fourth-order valence-corrected chi connectivity index (χ4v) is 1.52. The number of hydrogen-bond donors (Lipinski definition) is 2. The molecule has 0 fully saturated rings. The van der Waals surface area contributed by atoms with Gasteiger partial charge in [-0.15, -0.1) is 0 Å². The summed E-state index contributed by atoms with van der Waals surface area (Å²) in [6.45, 7) is 2.74. The molecule has 18 heavy (non-hydrogen) atoms. The summed E-state index contributed by atoms with van der Waals surface area (Å²) >= 11 is 0. The van der Waals surface area contributed by atoms with Gasteiger partial charge >= 0.3 is 0 Å². The molecule has 0 saturated heterocycles. The largest absolute Gasteiger partial charge is 0.370 e. The molecular weight excluding hydrogens is 230 g/mol. The SMILES string of the molecule is CCNc1cc(C(=O)Nc2ccn(C)n2)ccn1. The number of aromatic nitrogens is 3. The number of carbonyl (C=O) groups excluding carboxylic acids is 1. The van der Waals surface area contributed by atoms with Crippen LogP contribution < -0.4 is 10.6 Å². The first-order valence-corrected chi connectivity index (χ1v) is 5.70. The lowest BCUT2D eigenvalue weighted by atomic mass is 10.2. The van der Waals surface area contributed by atoms with Gasteiger partial charge in [0.25, 0.3) is 5.91 Å². The summed E-state index contributed by atoms with van der Waals surface area (Å²) in [6.07, 6.45) is 3.37. The molecule has 0 spiro atoms. The zero-order valence-electron chi connectivity index (χ0n) is 10.3. The second-order valence-corrected chi connectivity index (χ2v) is 3.79. The predicted molar refractivity (Wildman–Crippen MR) is 69.6 cm³/mol. The quantitative estimate of drug-likeness (QED) is 0.856. The molecule has 0 aliphatic heterocycles. The molecule has 2 rings (SSSR count). The molecule has 0 bridgehead atoms. The minimum Gasteiger partial charge on any atom is -0.370 e.